The van der Waals surface area contributed by atoms with Crippen molar-refractivity contribution in [3.63, 3.8) is 0 Å². The summed E-state index contributed by atoms with van der Waals surface area (Å²) in [5.41, 5.74) is 8.86. The number of hydrogen-bond donors (Lipinski definition) is 1. The Morgan fingerprint density at radius 3 is 2.22 bits per heavy atom. The van der Waals surface area contributed by atoms with E-state index in [-0.39, 0.29) is 12.4 Å². The first-order chi connectivity index (χ1) is 8.31. The summed E-state index contributed by atoms with van der Waals surface area (Å²) in [5, 5.41) is 0. The third-order valence-corrected chi connectivity index (χ3v) is 2.67. The second-order valence-corrected chi connectivity index (χ2v) is 3.89. The lowest BCUT2D eigenvalue weighted by atomic mass is 10.1. The molecule has 0 aliphatic carbocycles. The maximum Gasteiger partial charge on any atom is 0.118 e. The topological polar surface area (TPSA) is 48.1 Å². The molecule has 1 aromatic heterocycles. The summed E-state index contributed by atoms with van der Waals surface area (Å²) < 4.78 is 5.12. The van der Waals surface area contributed by atoms with Gasteiger partial charge in [0.2, 0.25) is 0 Å². The van der Waals surface area contributed by atoms with Crippen LogP contribution in [0.2, 0.25) is 0 Å². The second kappa shape index (κ2) is 6.99. The molecule has 0 fully saturated rings. The molecule has 2 rings (SSSR count). The number of hydrogen-bond acceptors (Lipinski definition) is 3. The Kier molecular flexibility index (Phi) is 5.62. The Morgan fingerprint density at radius 1 is 1.06 bits per heavy atom. The van der Waals surface area contributed by atoms with E-state index in [0.717, 1.165) is 23.4 Å². The van der Waals surface area contributed by atoms with Gasteiger partial charge in [0, 0.05) is 24.9 Å². The van der Waals surface area contributed by atoms with Crippen LogP contribution in [0.25, 0.3) is 0 Å². The van der Waals surface area contributed by atoms with Crippen molar-refractivity contribution >= 4 is 12.4 Å². The number of methoxy groups -OCH3 is 1. The maximum atomic E-state index is 5.53. The summed E-state index contributed by atoms with van der Waals surface area (Å²) in [4.78, 5) is 4.38. The van der Waals surface area contributed by atoms with Crippen LogP contribution < -0.4 is 10.5 Å². The van der Waals surface area contributed by atoms with Crippen LogP contribution in [0, 0.1) is 0 Å². The predicted molar refractivity (Wildman–Crippen MR) is 75.2 cm³/mol. The molecule has 4 heteroatoms. The highest BCUT2D eigenvalue weighted by Crippen LogP contribution is 2.14. The molecule has 2 aromatic rings. The molecular weight excluding hydrogens is 248 g/mol. The van der Waals surface area contributed by atoms with Crippen LogP contribution >= 0.6 is 12.4 Å². The van der Waals surface area contributed by atoms with Gasteiger partial charge in [0.05, 0.1) is 7.11 Å². The zero-order chi connectivity index (χ0) is 12.1. The fourth-order valence-electron chi connectivity index (χ4n) is 1.63. The van der Waals surface area contributed by atoms with Crippen molar-refractivity contribution in [2.75, 3.05) is 7.11 Å². The van der Waals surface area contributed by atoms with Crippen LogP contribution in [-0.4, -0.2) is 12.1 Å². The molecule has 0 atom stereocenters. The molecule has 0 aliphatic heterocycles. The summed E-state index contributed by atoms with van der Waals surface area (Å²) in [6.07, 6.45) is 2.66. The molecule has 1 heterocycles. The van der Waals surface area contributed by atoms with E-state index in [9.17, 15) is 0 Å². The number of rotatable bonds is 4. The summed E-state index contributed by atoms with van der Waals surface area (Å²) in [6, 6.07) is 12.1. The van der Waals surface area contributed by atoms with E-state index in [1.165, 1.54) is 5.56 Å². The van der Waals surface area contributed by atoms with E-state index in [1.54, 1.807) is 7.11 Å². The lowest BCUT2D eigenvalue weighted by Gasteiger charge is -2.04. The Morgan fingerprint density at radius 2 is 1.72 bits per heavy atom. The molecule has 3 nitrogen and oxygen atoms in total. The van der Waals surface area contributed by atoms with Gasteiger partial charge in [-0.1, -0.05) is 18.2 Å². The average molecular weight is 265 g/mol. The van der Waals surface area contributed by atoms with Gasteiger partial charge in [0.25, 0.3) is 0 Å². The number of nitrogens with zero attached hydrogens (tertiary/aromatic N) is 1. The number of aromatic nitrogens is 1. The first-order valence-corrected chi connectivity index (χ1v) is 5.58. The molecule has 0 aliphatic rings. The molecule has 0 amide bonds. The van der Waals surface area contributed by atoms with Gasteiger partial charge in [0.1, 0.15) is 5.75 Å². The van der Waals surface area contributed by atoms with Crippen LogP contribution in [0.3, 0.4) is 0 Å². The van der Waals surface area contributed by atoms with Crippen LogP contribution in [0.5, 0.6) is 5.75 Å². The zero-order valence-corrected chi connectivity index (χ0v) is 11.1. The highest BCUT2D eigenvalue weighted by atomic mass is 35.5. The minimum Gasteiger partial charge on any atom is -0.497 e. The highest BCUT2D eigenvalue weighted by Gasteiger charge is 1.99. The molecule has 1 aromatic carbocycles. The molecular formula is C14H17ClN2O. The van der Waals surface area contributed by atoms with E-state index in [2.05, 4.69) is 17.1 Å². The summed E-state index contributed by atoms with van der Waals surface area (Å²) in [7, 11) is 1.67. The van der Waals surface area contributed by atoms with Crippen molar-refractivity contribution in [3.05, 3.63) is 59.4 Å². The van der Waals surface area contributed by atoms with Gasteiger partial charge in [-0.2, -0.15) is 0 Å². The molecule has 0 spiro atoms. The minimum atomic E-state index is 0. The van der Waals surface area contributed by atoms with E-state index in [0.29, 0.717) is 6.54 Å². The average Bonchev–Trinajstić information content (AvgIpc) is 2.40. The monoisotopic (exact) mass is 264 g/mol. The van der Waals surface area contributed by atoms with Crippen LogP contribution in [-0.2, 0) is 13.0 Å². The summed E-state index contributed by atoms with van der Waals surface area (Å²) in [5.74, 6) is 0.875. The molecule has 0 saturated heterocycles. The Labute approximate surface area is 113 Å². The smallest absolute Gasteiger partial charge is 0.118 e. The Bertz CT molecular complexity index is 423. The van der Waals surface area contributed by atoms with E-state index >= 15 is 0 Å². The number of halogens is 1. The minimum absolute atomic E-state index is 0. The number of ether oxygens (including phenoxy) is 1. The molecule has 18 heavy (non-hydrogen) atoms. The first-order valence-electron chi connectivity index (χ1n) is 5.58. The summed E-state index contributed by atoms with van der Waals surface area (Å²) in [6.45, 7) is 0.538. The molecule has 2 N–H and O–H groups in total. The number of nitrogens with two attached hydrogens (primary N) is 1. The van der Waals surface area contributed by atoms with Crippen molar-refractivity contribution < 1.29 is 4.74 Å². The quantitative estimate of drug-likeness (QED) is 0.923. The lowest BCUT2D eigenvalue weighted by Crippen LogP contribution is -1.98. The zero-order valence-electron chi connectivity index (χ0n) is 10.3. The fourth-order valence-corrected chi connectivity index (χ4v) is 1.63. The van der Waals surface area contributed by atoms with Crippen molar-refractivity contribution in [2.24, 2.45) is 5.73 Å². The van der Waals surface area contributed by atoms with Crippen molar-refractivity contribution in [2.45, 2.75) is 13.0 Å². The predicted octanol–water partition coefficient (Wildman–Crippen LogP) is 2.56. The highest BCUT2D eigenvalue weighted by molar-refractivity contribution is 5.85. The van der Waals surface area contributed by atoms with Gasteiger partial charge in [-0.25, -0.2) is 0 Å². The molecule has 0 saturated carbocycles. The first kappa shape index (κ1) is 14.5. The van der Waals surface area contributed by atoms with Crippen LogP contribution in [0.15, 0.2) is 42.6 Å². The van der Waals surface area contributed by atoms with Gasteiger partial charge >= 0.3 is 0 Å². The third-order valence-electron chi connectivity index (χ3n) is 2.67. The van der Waals surface area contributed by atoms with Gasteiger partial charge in [-0.3, -0.25) is 4.98 Å². The fraction of sp³-hybridized carbons (Fsp3) is 0.214. The lowest BCUT2D eigenvalue weighted by molar-refractivity contribution is 0.414. The van der Waals surface area contributed by atoms with E-state index < -0.39 is 0 Å². The molecule has 0 bridgehead atoms. The second-order valence-electron chi connectivity index (χ2n) is 3.89. The largest absolute Gasteiger partial charge is 0.497 e. The van der Waals surface area contributed by atoms with Crippen LogP contribution in [0.4, 0.5) is 0 Å². The normalized spacial score (nSPS) is 9.67. The Hall–Kier alpha value is -1.58. The van der Waals surface area contributed by atoms with Crippen molar-refractivity contribution in [1.29, 1.82) is 0 Å². The van der Waals surface area contributed by atoms with E-state index in [4.69, 9.17) is 10.5 Å². The Balaban J connectivity index is 0.00000162. The van der Waals surface area contributed by atoms with Gasteiger partial charge < -0.3 is 10.5 Å². The van der Waals surface area contributed by atoms with Crippen molar-refractivity contribution in [1.82, 2.24) is 4.98 Å². The van der Waals surface area contributed by atoms with Gasteiger partial charge in [-0.05, 0) is 29.3 Å². The standard InChI is InChI=1S/C14H16N2O.ClH/c1-17-14-6-3-11(4-7-14)8-13-5-2-12(9-15)10-16-13;/h2-7,10H,8-9,15H2,1H3;1H. The number of pyridine rings is 1. The van der Waals surface area contributed by atoms with Crippen LogP contribution in [0.1, 0.15) is 16.8 Å². The van der Waals surface area contributed by atoms with Crippen molar-refractivity contribution in [3.8, 4) is 5.75 Å². The van der Waals surface area contributed by atoms with Gasteiger partial charge in [-0.15, -0.1) is 12.4 Å². The SMILES string of the molecule is COc1ccc(Cc2ccc(CN)cn2)cc1.Cl. The van der Waals surface area contributed by atoms with E-state index in [1.807, 2.05) is 30.5 Å². The molecule has 0 unspecified atom stereocenters. The third kappa shape index (κ3) is 3.72. The molecule has 0 radical (unpaired) electrons. The van der Waals surface area contributed by atoms with Gasteiger partial charge in [0.15, 0.2) is 0 Å². The maximum absolute atomic E-state index is 5.53. The summed E-state index contributed by atoms with van der Waals surface area (Å²) >= 11 is 0. The molecule has 96 valence electrons. The number of benzene rings is 1.